The highest BCUT2D eigenvalue weighted by atomic mass is 16.7. The largest absolute Gasteiger partial charge is 0.459 e. The topological polar surface area (TPSA) is 206 Å². The van der Waals surface area contributed by atoms with Crippen LogP contribution in [0.25, 0.3) is 11.0 Å². The number of nitrogens with zero attached hydrogens (tertiary/aromatic N) is 6. The molecule has 0 radical (unpaired) electrons. The fourth-order valence-corrected chi connectivity index (χ4v) is 9.49. The van der Waals surface area contributed by atoms with Crippen LogP contribution in [0.3, 0.4) is 0 Å². The number of aromatic nitrogens is 3. The Labute approximate surface area is 352 Å². The molecular weight excluding hydrogens is 777 g/mol. The quantitative estimate of drug-likeness (QED) is 0.289. The lowest BCUT2D eigenvalue weighted by Crippen LogP contribution is -2.60. The van der Waals surface area contributed by atoms with E-state index in [9.17, 15) is 24.6 Å². The van der Waals surface area contributed by atoms with Crippen LogP contribution in [0.5, 0.6) is 0 Å². The number of aryl methyl sites for hydroxylation is 1. The number of ether oxygens (including phenoxy) is 5. The zero-order chi connectivity index (χ0) is 43.7. The molecule has 1 amide bonds. The van der Waals surface area contributed by atoms with Crippen LogP contribution in [0.4, 0.5) is 0 Å². The molecule has 0 saturated carbocycles. The van der Waals surface area contributed by atoms with Gasteiger partial charge in [-0.15, -0.1) is 5.10 Å². The predicted octanol–water partition coefficient (Wildman–Crippen LogP) is 3.51. The van der Waals surface area contributed by atoms with Crippen molar-refractivity contribution in [1.82, 2.24) is 19.9 Å². The molecule has 14 atom stereocenters. The molecule has 4 aliphatic heterocycles. The number of para-hydroxylation sites is 1. The van der Waals surface area contributed by atoms with E-state index in [0.717, 1.165) is 11.0 Å². The van der Waals surface area contributed by atoms with Crippen LogP contribution >= 0.6 is 0 Å². The summed E-state index contributed by atoms with van der Waals surface area (Å²) in [5, 5.41) is 37.0. The van der Waals surface area contributed by atoms with Gasteiger partial charge in [0.15, 0.2) is 12.1 Å². The van der Waals surface area contributed by atoms with E-state index in [-0.39, 0.29) is 50.3 Å². The molecule has 0 spiro atoms. The summed E-state index contributed by atoms with van der Waals surface area (Å²) >= 11 is 0. The van der Waals surface area contributed by atoms with Gasteiger partial charge in [0, 0.05) is 30.1 Å². The number of carbonyl (C=O) groups is 3. The van der Waals surface area contributed by atoms with Gasteiger partial charge >= 0.3 is 5.97 Å². The van der Waals surface area contributed by atoms with Crippen molar-refractivity contribution >= 4 is 40.1 Å². The van der Waals surface area contributed by atoms with E-state index in [1.54, 1.807) is 25.5 Å². The van der Waals surface area contributed by atoms with Gasteiger partial charge in [-0.3, -0.25) is 14.4 Å². The zero-order valence-corrected chi connectivity index (χ0v) is 36.6. The molecule has 17 heteroatoms. The van der Waals surface area contributed by atoms with Crippen LogP contribution in [0.15, 0.2) is 34.4 Å². The number of hydrogen-bond acceptors (Lipinski definition) is 15. The van der Waals surface area contributed by atoms with Crippen LogP contribution in [0.1, 0.15) is 87.5 Å². The van der Waals surface area contributed by atoms with Crippen LogP contribution in [0.2, 0.25) is 0 Å². The maximum atomic E-state index is 14.5. The number of aliphatic imine (C=N–C) groups is 1. The van der Waals surface area contributed by atoms with E-state index in [4.69, 9.17) is 33.5 Å². The Morgan fingerprint density at radius 3 is 2.48 bits per heavy atom. The molecule has 60 heavy (non-hydrogen) atoms. The normalized spacial score (nSPS) is 39.6. The number of rotatable bonds is 8. The second-order valence-electron chi connectivity index (χ2n) is 17.9. The van der Waals surface area contributed by atoms with Crippen LogP contribution in [-0.2, 0) is 49.5 Å². The lowest BCUT2D eigenvalue weighted by Gasteiger charge is -2.47. The van der Waals surface area contributed by atoms with Gasteiger partial charge in [-0.2, -0.15) is 0 Å². The molecule has 1 aromatic heterocycles. The van der Waals surface area contributed by atoms with Gasteiger partial charge in [-0.1, -0.05) is 50.2 Å². The summed E-state index contributed by atoms with van der Waals surface area (Å²) in [5.41, 5.74) is -0.913. The smallest absolute Gasteiger partial charge is 0.316 e. The number of esters is 1. The summed E-state index contributed by atoms with van der Waals surface area (Å²) in [6, 6.07) is 7.31. The van der Waals surface area contributed by atoms with Crippen molar-refractivity contribution in [3.8, 4) is 0 Å². The van der Waals surface area contributed by atoms with Gasteiger partial charge in [0.1, 0.15) is 35.0 Å². The fraction of sp³-hybridized carbons (Fsp3) is 0.744. The highest BCUT2D eigenvalue weighted by Gasteiger charge is 2.53. The Balaban J connectivity index is 1.44. The Bertz CT molecular complexity index is 1920. The van der Waals surface area contributed by atoms with E-state index in [0.29, 0.717) is 25.1 Å². The van der Waals surface area contributed by atoms with E-state index in [2.05, 4.69) is 15.5 Å². The standard InChI is InChI=1S/C43H64N6O11/c1-11-33-43(8,54)38-25(4)34-23(2)20-42(7,37(26(5)35(50)27(6)40(53)58-33)59-41-36(51)31(48(9)10)19-24(3)57-41)56-22-28(21-55-38)46-60-32(39(52)44-34)17-14-18-49-30-16-13-12-15-29(30)45-47-49/h12-13,15-16,23-27,31-33,36-38,41,51,54H,11,14,17-22H2,1-10H3/b44-34?,46-28-/t23-,24-,25+,26+,27-,31+,32?,33-,36-,37-,38-,41+,42-,43-/m1/s1. The first-order valence-electron chi connectivity index (χ1n) is 21.4. The van der Waals surface area contributed by atoms with Gasteiger partial charge in [0.05, 0.1) is 42.6 Å². The first-order chi connectivity index (χ1) is 28.4. The number of amides is 1. The molecule has 4 aliphatic rings. The molecular formula is C43H64N6O11. The first-order valence-corrected chi connectivity index (χ1v) is 21.4. The summed E-state index contributed by atoms with van der Waals surface area (Å²) in [6.07, 6.45) is -5.30. The molecule has 6 rings (SSSR count). The average molecular weight is 841 g/mol. The minimum absolute atomic E-state index is 0.157. The lowest BCUT2D eigenvalue weighted by atomic mass is 9.73. The molecule has 1 aromatic carbocycles. The summed E-state index contributed by atoms with van der Waals surface area (Å²) in [4.78, 5) is 55.5. The molecule has 17 nitrogen and oxygen atoms in total. The Hall–Kier alpha value is -3.71. The van der Waals surface area contributed by atoms with Crippen molar-refractivity contribution < 1.29 is 53.1 Å². The molecule has 3 saturated heterocycles. The average Bonchev–Trinajstić information content (AvgIpc) is 3.61. The number of fused-ring (bicyclic) bond motifs is 5. The Morgan fingerprint density at radius 1 is 1.03 bits per heavy atom. The molecule has 0 aliphatic carbocycles. The number of oxime groups is 1. The van der Waals surface area contributed by atoms with Gasteiger partial charge in [0.2, 0.25) is 6.10 Å². The number of likely N-dealkylation sites (N-methyl/N-ethyl adjacent to an activating group) is 1. The van der Waals surface area contributed by atoms with Crippen LogP contribution in [-0.4, -0.2) is 147 Å². The third-order valence-electron chi connectivity index (χ3n) is 12.9. The van der Waals surface area contributed by atoms with Crippen molar-refractivity contribution in [2.45, 2.75) is 154 Å². The van der Waals surface area contributed by atoms with E-state index in [1.165, 1.54) is 13.8 Å². The Morgan fingerprint density at radius 2 is 1.77 bits per heavy atom. The number of benzene rings is 1. The third-order valence-corrected chi connectivity index (χ3v) is 12.9. The van der Waals surface area contributed by atoms with E-state index >= 15 is 0 Å². The zero-order valence-electron chi connectivity index (χ0n) is 36.6. The number of ketones is 1. The molecule has 2 N–H and O–H groups in total. The van der Waals surface area contributed by atoms with Crippen LogP contribution in [0, 0.1) is 23.7 Å². The van der Waals surface area contributed by atoms with Gasteiger partial charge < -0.3 is 43.6 Å². The second-order valence-corrected chi connectivity index (χ2v) is 17.9. The van der Waals surface area contributed by atoms with Gasteiger partial charge in [-0.25, -0.2) is 9.67 Å². The van der Waals surface area contributed by atoms with Gasteiger partial charge in [-0.05, 0) is 91.9 Å². The predicted molar refractivity (Wildman–Crippen MR) is 220 cm³/mol. The van der Waals surface area contributed by atoms with E-state index < -0.39 is 89.3 Å². The van der Waals surface area contributed by atoms with Crippen molar-refractivity contribution in [2.75, 3.05) is 27.3 Å². The number of Topliss-reactive ketones (excluding diaryl/α,β-unsaturated/α-hetero) is 1. The van der Waals surface area contributed by atoms with Crippen LogP contribution < -0.4 is 0 Å². The number of aliphatic hydroxyl groups is 2. The molecule has 1 unspecified atom stereocenters. The highest BCUT2D eigenvalue weighted by molar-refractivity contribution is 6.01. The third kappa shape index (κ3) is 9.52. The minimum atomic E-state index is -1.83. The van der Waals surface area contributed by atoms with E-state index in [1.807, 2.05) is 64.0 Å². The lowest BCUT2D eigenvalue weighted by molar-refractivity contribution is -0.296. The summed E-state index contributed by atoms with van der Waals surface area (Å²) in [6.45, 7) is 14.0. The summed E-state index contributed by atoms with van der Waals surface area (Å²) < 4.78 is 34.2. The van der Waals surface area contributed by atoms with Crippen molar-refractivity contribution in [1.29, 1.82) is 0 Å². The molecule has 5 heterocycles. The minimum Gasteiger partial charge on any atom is -0.459 e. The van der Waals surface area contributed by atoms with Crippen molar-refractivity contribution in [2.24, 2.45) is 33.8 Å². The second kappa shape index (κ2) is 18.7. The maximum Gasteiger partial charge on any atom is 0.316 e. The number of aliphatic hydroxyl groups excluding tert-OH is 1. The number of carbonyl (C=O) groups excluding carboxylic acids is 3. The number of cyclic esters (lactones) is 1. The molecule has 2 aromatic rings. The fourth-order valence-electron chi connectivity index (χ4n) is 9.49. The number of hydrogen-bond donors (Lipinski definition) is 2. The van der Waals surface area contributed by atoms with Crippen molar-refractivity contribution in [3.63, 3.8) is 0 Å². The monoisotopic (exact) mass is 840 g/mol. The SMILES string of the molecule is CC[C@H]1OC(=O)[C@H](C)C(=O)[C@H](C)[C@@H](O[C@@H]2O[C@H](C)C[C@H](N(C)C)[C@H]2O)[C@@]2(C)C[C@@H](C)C3=NC(=O)C(CCCn4nnc5ccccc54)O/N=C(/CO[C@H]([C@H]3C)[C@]1(C)O)CO2. The first kappa shape index (κ1) is 45.8. The highest BCUT2D eigenvalue weighted by Crippen LogP contribution is 2.40. The maximum absolute atomic E-state index is 14.5. The van der Waals surface area contributed by atoms with Gasteiger partial charge in [0.25, 0.3) is 5.91 Å². The Kier molecular flexibility index (Phi) is 14.3. The van der Waals surface area contributed by atoms with Crippen molar-refractivity contribution in [3.05, 3.63) is 24.3 Å². The molecule has 4 bridgehead atoms. The molecule has 3 fully saturated rings. The molecule has 332 valence electrons. The summed E-state index contributed by atoms with van der Waals surface area (Å²) in [7, 11) is 3.74. The summed E-state index contributed by atoms with van der Waals surface area (Å²) in [5.74, 6) is -5.39.